The molecule has 0 amide bonds. The predicted molar refractivity (Wildman–Crippen MR) is 165 cm³/mol. The van der Waals surface area contributed by atoms with E-state index in [1.165, 1.54) is 22.7 Å². The van der Waals surface area contributed by atoms with Gasteiger partial charge in [0, 0.05) is 76.9 Å². The van der Waals surface area contributed by atoms with Gasteiger partial charge in [-0.1, -0.05) is 42.5 Å². The van der Waals surface area contributed by atoms with Crippen molar-refractivity contribution in [2.24, 2.45) is 0 Å². The molecule has 3 aromatic carbocycles. The maximum absolute atomic E-state index is 11.3. The van der Waals surface area contributed by atoms with Crippen molar-refractivity contribution in [3.05, 3.63) is 108 Å². The summed E-state index contributed by atoms with van der Waals surface area (Å²) < 4.78 is 24.9. The quantitative estimate of drug-likeness (QED) is 0.191. The van der Waals surface area contributed by atoms with Crippen LogP contribution < -0.4 is 10.6 Å². The van der Waals surface area contributed by atoms with Crippen molar-refractivity contribution in [1.82, 2.24) is 19.9 Å². The first-order valence-corrected chi connectivity index (χ1v) is 16.0. The zero-order valence-corrected chi connectivity index (χ0v) is 23.7. The first-order chi connectivity index (χ1) is 19.4. The van der Waals surface area contributed by atoms with E-state index in [0.29, 0.717) is 13.1 Å². The van der Waals surface area contributed by atoms with Crippen molar-refractivity contribution in [2.75, 3.05) is 23.9 Å². The van der Waals surface area contributed by atoms with Crippen molar-refractivity contribution in [2.45, 2.75) is 13.1 Å². The molecule has 6 aromatic rings. The number of hydrogen-bond acceptors (Lipinski definition) is 7. The molecule has 9 heteroatoms. The summed E-state index contributed by atoms with van der Waals surface area (Å²) in [6, 6.07) is 27.3. The van der Waals surface area contributed by atoms with Crippen molar-refractivity contribution in [1.29, 1.82) is 0 Å². The van der Waals surface area contributed by atoms with E-state index in [2.05, 4.69) is 93.1 Å². The molecule has 7 nitrogen and oxygen atoms in total. The Hall–Kier alpha value is -4.05. The lowest BCUT2D eigenvalue weighted by molar-refractivity contribution is 0.596. The molecular weight excluding hydrogens is 539 g/mol. The number of aromatic nitrogens is 3. The van der Waals surface area contributed by atoms with Crippen molar-refractivity contribution in [3.63, 3.8) is 0 Å². The smallest absolute Gasteiger partial charge is 0.148 e. The predicted octanol–water partition coefficient (Wildman–Crippen LogP) is 6.24. The molecule has 0 fully saturated rings. The van der Waals surface area contributed by atoms with Gasteiger partial charge in [-0.3, -0.25) is 4.98 Å². The number of pyridine rings is 1. The number of nitrogens with one attached hydrogen (secondary N) is 2. The van der Waals surface area contributed by atoms with Crippen LogP contribution in [-0.4, -0.2) is 41.5 Å². The lowest BCUT2D eigenvalue weighted by Gasteiger charge is -2.11. The second-order valence-corrected chi connectivity index (χ2v) is 13.0. The summed E-state index contributed by atoms with van der Waals surface area (Å²) in [6.45, 7) is 1.79. The van der Waals surface area contributed by atoms with Crippen LogP contribution in [0.5, 0.6) is 0 Å². The number of fused-ring (bicyclic) bond motifs is 2. The molecule has 3 heterocycles. The molecule has 0 aliphatic carbocycles. The molecule has 2 N–H and O–H groups in total. The Morgan fingerprint density at radius 1 is 0.975 bits per heavy atom. The second kappa shape index (κ2) is 11.2. The molecule has 0 unspecified atom stereocenters. The average molecular weight is 568 g/mol. The highest BCUT2D eigenvalue weighted by molar-refractivity contribution is 7.90. The summed E-state index contributed by atoms with van der Waals surface area (Å²) in [6.07, 6.45) is 5.21. The molecule has 3 aromatic heterocycles. The zero-order chi connectivity index (χ0) is 27.5. The van der Waals surface area contributed by atoms with Gasteiger partial charge in [-0.15, -0.1) is 11.3 Å². The Morgan fingerprint density at radius 3 is 2.70 bits per heavy atom. The van der Waals surface area contributed by atoms with E-state index in [1.54, 1.807) is 11.3 Å². The summed E-state index contributed by atoms with van der Waals surface area (Å²) in [7, 11) is -2.97. The monoisotopic (exact) mass is 567 g/mol. The third-order valence-electron chi connectivity index (χ3n) is 6.74. The minimum Gasteiger partial charge on any atom is -0.355 e. The summed E-state index contributed by atoms with van der Waals surface area (Å²) in [5, 5.41) is 11.9. The van der Waals surface area contributed by atoms with Crippen LogP contribution in [0.25, 0.3) is 32.4 Å². The van der Waals surface area contributed by atoms with E-state index in [1.807, 2.05) is 23.7 Å². The minimum atomic E-state index is -2.97. The van der Waals surface area contributed by atoms with E-state index in [-0.39, 0.29) is 5.75 Å². The Bertz CT molecular complexity index is 1900. The molecule has 6 rings (SSSR count). The zero-order valence-electron chi connectivity index (χ0n) is 22.0. The van der Waals surface area contributed by atoms with Crippen LogP contribution in [0, 0.1) is 0 Å². The van der Waals surface area contributed by atoms with Gasteiger partial charge in [0.2, 0.25) is 0 Å². The summed E-state index contributed by atoms with van der Waals surface area (Å²) in [5.41, 5.74) is 7.28. The maximum Gasteiger partial charge on any atom is 0.148 e. The van der Waals surface area contributed by atoms with Gasteiger partial charge >= 0.3 is 0 Å². The highest BCUT2D eigenvalue weighted by Crippen LogP contribution is 2.31. The van der Waals surface area contributed by atoms with Gasteiger partial charge in [0.15, 0.2) is 0 Å². The van der Waals surface area contributed by atoms with Crippen LogP contribution >= 0.6 is 11.3 Å². The SMILES string of the molecule is CS(=O)(=O)CCNCc1csc(-c2ccc3c(Nc4ccc5c(ccn5Cc5ccccc5)c4)ccnc3c2)n1. The van der Waals surface area contributed by atoms with E-state index in [4.69, 9.17) is 4.98 Å². The fourth-order valence-electron chi connectivity index (χ4n) is 4.74. The fraction of sp³-hybridized carbons (Fsp3) is 0.161. The minimum absolute atomic E-state index is 0.117. The molecule has 0 atom stereocenters. The summed E-state index contributed by atoms with van der Waals surface area (Å²) in [4.78, 5) is 9.35. The third-order valence-corrected chi connectivity index (χ3v) is 8.63. The Morgan fingerprint density at radius 2 is 1.85 bits per heavy atom. The molecule has 0 saturated carbocycles. The molecule has 0 saturated heterocycles. The van der Waals surface area contributed by atoms with Gasteiger partial charge in [-0.05, 0) is 42.0 Å². The first kappa shape index (κ1) is 26.2. The Kier molecular flexibility index (Phi) is 7.34. The second-order valence-electron chi connectivity index (χ2n) is 9.87. The maximum atomic E-state index is 11.3. The van der Waals surface area contributed by atoms with E-state index in [0.717, 1.165) is 45.1 Å². The van der Waals surface area contributed by atoms with E-state index < -0.39 is 9.84 Å². The van der Waals surface area contributed by atoms with Gasteiger partial charge in [0.25, 0.3) is 0 Å². The Balaban J connectivity index is 1.17. The third kappa shape index (κ3) is 6.07. The number of thiazole rings is 1. The standard InChI is InChI=1S/C31H29N5O2S2/c1-40(37,38)16-14-32-19-26-21-39-31(35-26)24-7-9-27-28(11-13-33-29(27)18-24)34-25-8-10-30-23(17-25)12-15-36(30)20-22-5-3-2-4-6-22/h2-13,15,17-18,21,32H,14,16,19-20H2,1H3,(H,33,34). The largest absolute Gasteiger partial charge is 0.355 e. The van der Waals surface area contributed by atoms with Crippen molar-refractivity contribution >= 4 is 54.4 Å². The van der Waals surface area contributed by atoms with Crippen LogP contribution in [-0.2, 0) is 22.9 Å². The number of sulfone groups is 1. The molecule has 0 aliphatic rings. The van der Waals surface area contributed by atoms with Crippen molar-refractivity contribution in [3.8, 4) is 10.6 Å². The highest BCUT2D eigenvalue weighted by atomic mass is 32.2. The summed E-state index contributed by atoms with van der Waals surface area (Å²) >= 11 is 1.57. The molecule has 40 heavy (non-hydrogen) atoms. The number of hydrogen-bond donors (Lipinski definition) is 2. The van der Waals surface area contributed by atoms with Crippen LogP contribution in [0.15, 0.2) is 96.6 Å². The van der Waals surface area contributed by atoms with Crippen LogP contribution in [0.3, 0.4) is 0 Å². The first-order valence-electron chi connectivity index (χ1n) is 13.0. The van der Waals surface area contributed by atoms with Crippen molar-refractivity contribution < 1.29 is 8.42 Å². The topological polar surface area (TPSA) is 88.9 Å². The van der Waals surface area contributed by atoms with Gasteiger partial charge < -0.3 is 15.2 Å². The van der Waals surface area contributed by atoms with Gasteiger partial charge in [0.1, 0.15) is 14.8 Å². The lowest BCUT2D eigenvalue weighted by atomic mass is 10.1. The average Bonchev–Trinajstić information content (AvgIpc) is 3.58. The molecular formula is C31H29N5O2S2. The lowest BCUT2D eigenvalue weighted by Crippen LogP contribution is -2.22. The normalized spacial score (nSPS) is 11.8. The van der Waals surface area contributed by atoms with Crippen LogP contribution in [0.2, 0.25) is 0 Å². The molecule has 0 spiro atoms. The van der Waals surface area contributed by atoms with Gasteiger partial charge in [-0.25, -0.2) is 13.4 Å². The number of benzene rings is 3. The Labute approximate surface area is 237 Å². The number of rotatable bonds is 10. The van der Waals surface area contributed by atoms with Gasteiger partial charge in [0.05, 0.1) is 17.0 Å². The number of nitrogens with zero attached hydrogens (tertiary/aromatic N) is 3. The molecule has 0 bridgehead atoms. The summed E-state index contributed by atoms with van der Waals surface area (Å²) in [5.74, 6) is 0.117. The highest BCUT2D eigenvalue weighted by Gasteiger charge is 2.10. The molecule has 0 aliphatic heterocycles. The number of anilines is 2. The fourth-order valence-corrected chi connectivity index (χ4v) is 6.07. The van der Waals surface area contributed by atoms with E-state index in [9.17, 15) is 8.42 Å². The molecule has 202 valence electrons. The van der Waals surface area contributed by atoms with Crippen LogP contribution in [0.1, 0.15) is 11.3 Å². The van der Waals surface area contributed by atoms with Gasteiger partial charge in [-0.2, -0.15) is 0 Å². The van der Waals surface area contributed by atoms with Crippen LogP contribution in [0.4, 0.5) is 11.4 Å². The van der Waals surface area contributed by atoms with E-state index >= 15 is 0 Å². The molecule has 0 radical (unpaired) electrons.